The van der Waals surface area contributed by atoms with E-state index in [1.165, 1.54) is 23.2 Å². The zero-order valence-electron chi connectivity index (χ0n) is 11.1. The number of hydrogen-bond donors (Lipinski definition) is 0. The van der Waals surface area contributed by atoms with Gasteiger partial charge in [-0.25, -0.2) is 0 Å². The van der Waals surface area contributed by atoms with Crippen LogP contribution >= 0.6 is 15.9 Å². The molecule has 0 saturated carbocycles. The molecule has 2 heteroatoms. The van der Waals surface area contributed by atoms with E-state index >= 15 is 0 Å². The van der Waals surface area contributed by atoms with Crippen LogP contribution in [0.5, 0.6) is 0 Å². The van der Waals surface area contributed by atoms with Crippen LogP contribution in [-0.4, -0.2) is 6.54 Å². The molecule has 0 radical (unpaired) electrons. The Morgan fingerprint density at radius 3 is 2.63 bits per heavy atom. The summed E-state index contributed by atoms with van der Waals surface area (Å²) in [5, 5.41) is 0. The molecule has 0 amide bonds. The van der Waals surface area contributed by atoms with Crippen LogP contribution in [0.2, 0.25) is 0 Å². The maximum absolute atomic E-state index is 3.49. The van der Waals surface area contributed by atoms with Gasteiger partial charge in [-0.3, -0.25) is 0 Å². The standard InChI is InChI=1S/C17H18BrN/c1-13-10-15-4-2-3-5-17(15)19(11-13)12-14-6-8-16(18)9-7-14/h2-9,13H,10-12H2,1H3. The number of benzene rings is 2. The molecule has 2 aromatic rings. The molecule has 0 bridgehead atoms. The Kier molecular flexibility index (Phi) is 3.61. The maximum atomic E-state index is 3.49. The first kappa shape index (κ1) is 12.7. The van der Waals surface area contributed by atoms with Crippen LogP contribution in [0.25, 0.3) is 0 Å². The second-order valence-electron chi connectivity index (χ2n) is 5.44. The van der Waals surface area contributed by atoms with E-state index in [1.807, 2.05) is 0 Å². The first-order valence-corrected chi connectivity index (χ1v) is 7.59. The van der Waals surface area contributed by atoms with E-state index in [4.69, 9.17) is 0 Å². The van der Waals surface area contributed by atoms with E-state index in [0.717, 1.165) is 23.5 Å². The maximum Gasteiger partial charge on any atom is 0.0429 e. The Hall–Kier alpha value is -1.28. The van der Waals surface area contributed by atoms with Gasteiger partial charge in [-0.1, -0.05) is 53.2 Å². The fourth-order valence-electron chi connectivity index (χ4n) is 2.87. The molecule has 0 fully saturated rings. The van der Waals surface area contributed by atoms with Crippen molar-refractivity contribution in [3.63, 3.8) is 0 Å². The van der Waals surface area contributed by atoms with Gasteiger partial charge < -0.3 is 4.90 Å². The van der Waals surface area contributed by atoms with Gasteiger partial charge in [0.25, 0.3) is 0 Å². The number of fused-ring (bicyclic) bond motifs is 1. The summed E-state index contributed by atoms with van der Waals surface area (Å²) in [6.07, 6.45) is 1.20. The highest BCUT2D eigenvalue weighted by molar-refractivity contribution is 9.10. The van der Waals surface area contributed by atoms with Crippen molar-refractivity contribution in [1.82, 2.24) is 0 Å². The van der Waals surface area contributed by atoms with E-state index in [0.29, 0.717) is 0 Å². The average Bonchev–Trinajstić information content (AvgIpc) is 2.41. The van der Waals surface area contributed by atoms with E-state index in [1.54, 1.807) is 0 Å². The molecular weight excluding hydrogens is 298 g/mol. The summed E-state index contributed by atoms with van der Waals surface area (Å²) in [6.45, 7) is 4.48. The molecule has 0 saturated heterocycles. The second kappa shape index (κ2) is 5.38. The van der Waals surface area contributed by atoms with Crippen molar-refractivity contribution in [2.24, 2.45) is 5.92 Å². The Morgan fingerprint density at radius 2 is 1.84 bits per heavy atom. The lowest BCUT2D eigenvalue weighted by atomic mass is 9.93. The number of nitrogens with zero attached hydrogens (tertiary/aromatic N) is 1. The van der Waals surface area contributed by atoms with Crippen molar-refractivity contribution < 1.29 is 0 Å². The summed E-state index contributed by atoms with van der Waals surface area (Å²) in [4.78, 5) is 2.51. The van der Waals surface area contributed by atoms with E-state index in [-0.39, 0.29) is 0 Å². The molecule has 2 aromatic carbocycles. The molecule has 1 nitrogen and oxygen atoms in total. The molecule has 1 atom stereocenters. The number of anilines is 1. The molecule has 1 aliphatic heterocycles. The van der Waals surface area contributed by atoms with Crippen LogP contribution in [0.4, 0.5) is 5.69 Å². The lowest BCUT2D eigenvalue weighted by Gasteiger charge is -2.35. The Morgan fingerprint density at radius 1 is 1.11 bits per heavy atom. The van der Waals surface area contributed by atoms with Crippen molar-refractivity contribution in [2.75, 3.05) is 11.4 Å². The van der Waals surface area contributed by atoms with Gasteiger partial charge in [-0.05, 0) is 41.7 Å². The minimum Gasteiger partial charge on any atom is -0.367 e. The van der Waals surface area contributed by atoms with Gasteiger partial charge in [-0.15, -0.1) is 0 Å². The van der Waals surface area contributed by atoms with Gasteiger partial charge in [0.2, 0.25) is 0 Å². The molecule has 98 valence electrons. The zero-order chi connectivity index (χ0) is 13.2. The molecular formula is C17H18BrN. The second-order valence-corrected chi connectivity index (χ2v) is 6.36. The monoisotopic (exact) mass is 315 g/mol. The molecule has 0 aromatic heterocycles. The van der Waals surface area contributed by atoms with Crippen molar-refractivity contribution in [3.8, 4) is 0 Å². The third kappa shape index (κ3) is 2.84. The first-order chi connectivity index (χ1) is 9.22. The average molecular weight is 316 g/mol. The van der Waals surface area contributed by atoms with Gasteiger partial charge in [0.1, 0.15) is 0 Å². The van der Waals surface area contributed by atoms with Crippen LogP contribution < -0.4 is 4.90 Å². The van der Waals surface area contributed by atoms with Gasteiger partial charge in [0.05, 0.1) is 0 Å². The topological polar surface area (TPSA) is 3.24 Å². The summed E-state index contributed by atoms with van der Waals surface area (Å²) in [7, 11) is 0. The lowest BCUT2D eigenvalue weighted by Crippen LogP contribution is -2.33. The molecule has 0 spiro atoms. The largest absolute Gasteiger partial charge is 0.367 e. The summed E-state index contributed by atoms with van der Waals surface area (Å²) in [5.41, 5.74) is 4.26. The summed E-state index contributed by atoms with van der Waals surface area (Å²) in [6, 6.07) is 17.4. The Balaban J connectivity index is 1.86. The molecule has 3 rings (SSSR count). The van der Waals surface area contributed by atoms with Crippen molar-refractivity contribution in [3.05, 3.63) is 64.1 Å². The first-order valence-electron chi connectivity index (χ1n) is 6.79. The molecule has 0 N–H and O–H groups in total. The minimum atomic E-state index is 0.727. The number of para-hydroxylation sites is 1. The predicted octanol–water partition coefficient (Wildman–Crippen LogP) is 4.65. The van der Waals surface area contributed by atoms with E-state index < -0.39 is 0 Å². The minimum absolute atomic E-state index is 0.727. The molecule has 1 unspecified atom stereocenters. The molecule has 0 aliphatic carbocycles. The third-order valence-electron chi connectivity index (χ3n) is 3.72. The number of rotatable bonds is 2. The van der Waals surface area contributed by atoms with Gasteiger partial charge in [0, 0.05) is 23.2 Å². The van der Waals surface area contributed by atoms with Crippen molar-refractivity contribution in [2.45, 2.75) is 19.9 Å². The Bertz CT molecular complexity index is 562. The lowest BCUT2D eigenvalue weighted by molar-refractivity contribution is 0.530. The number of hydrogen-bond acceptors (Lipinski definition) is 1. The van der Waals surface area contributed by atoms with Crippen molar-refractivity contribution >= 4 is 21.6 Å². The fourth-order valence-corrected chi connectivity index (χ4v) is 3.13. The van der Waals surface area contributed by atoms with Crippen LogP contribution in [0.15, 0.2) is 53.0 Å². The molecule has 1 aliphatic rings. The summed E-state index contributed by atoms with van der Waals surface area (Å²) in [5.74, 6) is 0.727. The van der Waals surface area contributed by atoms with E-state index in [2.05, 4.69) is 76.3 Å². The van der Waals surface area contributed by atoms with Gasteiger partial charge in [0.15, 0.2) is 0 Å². The third-order valence-corrected chi connectivity index (χ3v) is 4.25. The van der Waals surface area contributed by atoms with Crippen LogP contribution in [-0.2, 0) is 13.0 Å². The molecule has 19 heavy (non-hydrogen) atoms. The predicted molar refractivity (Wildman–Crippen MR) is 84.5 cm³/mol. The van der Waals surface area contributed by atoms with E-state index in [9.17, 15) is 0 Å². The molecule has 1 heterocycles. The highest BCUT2D eigenvalue weighted by Gasteiger charge is 2.21. The smallest absolute Gasteiger partial charge is 0.0429 e. The SMILES string of the molecule is CC1Cc2ccccc2N(Cc2ccc(Br)cc2)C1. The summed E-state index contributed by atoms with van der Waals surface area (Å²) >= 11 is 3.49. The van der Waals surface area contributed by atoms with Gasteiger partial charge >= 0.3 is 0 Å². The fraction of sp³-hybridized carbons (Fsp3) is 0.294. The number of halogens is 1. The van der Waals surface area contributed by atoms with Gasteiger partial charge in [-0.2, -0.15) is 0 Å². The van der Waals surface area contributed by atoms with Crippen LogP contribution in [0.3, 0.4) is 0 Å². The van der Waals surface area contributed by atoms with Crippen LogP contribution in [0.1, 0.15) is 18.1 Å². The quantitative estimate of drug-likeness (QED) is 0.779. The summed E-state index contributed by atoms with van der Waals surface area (Å²) < 4.78 is 1.14. The highest BCUT2D eigenvalue weighted by Crippen LogP contribution is 2.30. The van der Waals surface area contributed by atoms with Crippen LogP contribution in [0, 0.1) is 5.92 Å². The highest BCUT2D eigenvalue weighted by atomic mass is 79.9. The Labute approximate surface area is 123 Å². The van der Waals surface area contributed by atoms with Crippen molar-refractivity contribution in [1.29, 1.82) is 0 Å². The normalized spacial score (nSPS) is 18.2. The zero-order valence-corrected chi connectivity index (χ0v) is 12.7.